The summed E-state index contributed by atoms with van der Waals surface area (Å²) in [5.41, 5.74) is 1.13. The van der Waals surface area contributed by atoms with E-state index in [-0.39, 0.29) is 12.4 Å². The van der Waals surface area contributed by atoms with E-state index in [4.69, 9.17) is 14.2 Å². The molecule has 0 unspecified atom stereocenters. The van der Waals surface area contributed by atoms with Crippen LogP contribution in [0.4, 0.5) is 0 Å². The van der Waals surface area contributed by atoms with Gasteiger partial charge in [0.05, 0.1) is 6.10 Å². The Hall–Kier alpha value is -1.06. The number of para-hydroxylation sites is 1. The topological polar surface area (TPSA) is 27.7 Å². The summed E-state index contributed by atoms with van der Waals surface area (Å²) >= 11 is 0. The molecule has 1 aliphatic rings. The molecule has 0 spiro atoms. The van der Waals surface area contributed by atoms with E-state index < -0.39 is 0 Å². The lowest BCUT2D eigenvalue weighted by atomic mass is 10.0. The van der Waals surface area contributed by atoms with Crippen molar-refractivity contribution in [3.05, 3.63) is 29.8 Å². The molecule has 3 heteroatoms. The molecule has 0 aromatic heterocycles. The number of fused-ring (bicyclic) bond motifs is 1. The zero-order chi connectivity index (χ0) is 11.4. The van der Waals surface area contributed by atoms with Gasteiger partial charge < -0.3 is 14.2 Å². The fourth-order valence-corrected chi connectivity index (χ4v) is 1.99. The summed E-state index contributed by atoms with van der Waals surface area (Å²) in [5.74, 6) is 0.880. The molecule has 88 valence electrons. The number of benzene rings is 1. The van der Waals surface area contributed by atoms with Gasteiger partial charge in [-0.1, -0.05) is 18.2 Å². The van der Waals surface area contributed by atoms with Gasteiger partial charge in [0, 0.05) is 25.2 Å². The van der Waals surface area contributed by atoms with E-state index in [0.717, 1.165) is 17.7 Å². The molecule has 0 bridgehead atoms. The maximum atomic E-state index is 5.75. The molecular formula is C13H18O3. The lowest BCUT2D eigenvalue weighted by Gasteiger charge is -2.31. The van der Waals surface area contributed by atoms with Gasteiger partial charge in [-0.15, -0.1) is 0 Å². The minimum absolute atomic E-state index is 0.0894. The van der Waals surface area contributed by atoms with Gasteiger partial charge in [-0.05, 0) is 19.9 Å². The molecule has 2 rings (SSSR count). The van der Waals surface area contributed by atoms with E-state index in [2.05, 4.69) is 6.07 Å². The van der Waals surface area contributed by atoms with E-state index in [1.165, 1.54) is 0 Å². The molecule has 0 fully saturated rings. The predicted molar refractivity (Wildman–Crippen MR) is 61.5 cm³/mol. The van der Waals surface area contributed by atoms with Gasteiger partial charge in [-0.25, -0.2) is 0 Å². The SMILES string of the molecule is CCO[C@@H]1C[C@H](OCC)c2ccccc2O1. The van der Waals surface area contributed by atoms with Crippen LogP contribution in [0.2, 0.25) is 0 Å². The standard InChI is InChI=1S/C13H18O3/c1-3-14-12-9-13(15-4-2)16-11-8-6-5-7-10(11)12/h5-8,12-13H,3-4,9H2,1-2H3/t12-,13-/m0/s1. The van der Waals surface area contributed by atoms with Crippen LogP contribution < -0.4 is 4.74 Å². The number of rotatable bonds is 4. The summed E-state index contributed by atoms with van der Waals surface area (Å²) in [6.07, 6.45) is 0.668. The van der Waals surface area contributed by atoms with Crippen LogP contribution in [0.25, 0.3) is 0 Å². The average molecular weight is 222 g/mol. The second kappa shape index (κ2) is 5.32. The summed E-state index contributed by atoms with van der Waals surface area (Å²) in [4.78, 5) is 0. The Morgan fingerprint density at radius 3 is 2.69 bits per heavy atom. The largest absolute Gasteiger partial charge is 0.464 e. The lowest BCUT2D eigenvalue weighted by molar-refractivity contribution is -0.121. The number of hydrogen-bond donors (Lipinski definition) is 0. The first-order valence-corrected chi connectivity index (χ1v) is 5.84. The first-order chi connectivity index (χ1) is 7.85. The second-order valence-corrected chi connectivity index (χ2v) is 3.72. The summed E-state index contributed by atoms with van der Waals surface area (Å²) < 4.78 is 17.0. The van der Waals surface area contributed by atoms with Crippen molar-refractivity contribution in [1.29, 1.82) is 0 Å². The molecule has 1 aliphatic heterocycles. The van der Waals surface area contributed by atoms with Gasteiger partial charge in [0.1, 0.15) is 5.75 Å². The molecule has 0 aliphatic carbocycles. The summed E-state index contributed by atoms with van der Waals surface area (Å²) in [6.45, 7) is 5.34. The Morgan fingerprint density at radius 1 is 1.19 bits per heavy atom. The molecule has 0 saturated carbocycles. The summed E-state index contributed by atoms with van der Waals surface area (Å²) in [7, 11) is 0. The number of ether oxygens (including phenoxy) is 3. The molecule has 2 atom stereocenters. The third-order valence-corrected chi connectivity index (χ3v) is 2.65. The van der Waals surface area contributed by atoms with Crippen LogP contribution in [-0.2, 0) is 9.47 Å². The molecule has 1 heterocycles. The van der Waals surface area contributed by atoms with Crippen molar-refractivity contribution in [3.63, 3.8) is 0 Å². The van der Waals surface area contributed by atoms with Gasteiger partial charge in [0.2, 0.25) is 6.29 Å². The van der Waals surface area contributed by atoms with E-state index >= 15 is 0 Å². The van der Waals surface area contributed by atoms with Crippen LogP contribution in [0.5, 0.6) is 5.75 Å². The molecule has 0 radical (unpaired) electrons. The maximum Gasteiger partial charge on any atom is 0.202 e. The first-order valence-electron chi connectivity index (χ1n) is 5.84. The van der Waals surface area contributed by atoms with Crippen molar-refractivity contribution in [2.24, 2.45) is 0 Å². The van der Waals surface area contributed by atoms with Crippen molar-refractivity contribution in [2.75, 3.05) is 13.2 Å². The molecule has 3 nitrogen and oxygen atoms in total. The maximum absolute atomic E-state index is 5.75. The van der Waals surface area contributed by atoms with E-state index in [1.54, 1.807) is 0 Å². The van der Waals surface area contributed by atoms with Crippen molar-refractivity contribution < 1.29 is 14.2 Å². The van der Waals surface area contributed by atoms with Gasteiger partial charge in [-0.2, -0.15) is 0 Å². The molecule has 1 aromatic rings. The third-order valence-electron chi connectivity index (χ3n) is 2.65. The van der Waals surface area contributed by atoms with E-state index in [9.17, 15) is 0 Å². The molecule has 1 aromatic carbocycles. The van der Waals surface area contributed by atoms with Crippen molar-refractivity contribution in [3.8, 4) is 5.75 Å². The minimum atomic E-state index is -0.184. The quantitative estimate of drug-likeness (QED) is 0.784. The van der Waals surface area contributed by atoms with Gasteiger partial charge in [0.25, 0.3) is 0 Å². The van der Waals surface area contributed by atoms with Crippen molar-refractivity contribution in [2.45, 2.75) is 32.7 Å². The normalized spacial score (nSPS) is 23.6. The van der Waals surface area contributed by atoms with Crippen LogP contribution in [-0.4, -0.2) is 19.5 Å². The highest BCUT2D eigenvalue weighted by atomic mass is 16.7. The van der Waals surface area contributed by atoms with E-state index in [1.807, 2.05) is 32.0 Å². The van der Waals surface area contributed by atoms with Crippen LogP contribution in [0.1, 0.15) is 31.9 Å². The second-order valence-electron chi connectivity index (χ2n) is 3.72. The van der Waals surface area contributed by atoms with Crippen molar-refractivity contribution in [1.82, 2.24) is 0 Å². The van der Waals surface area contributed by atoms with Gasteiger partial charge >= 0.3 is 0 Å². The fourth-order valence-electron chi connectivity index (χ4n) is 1.99. The highest BCUT2D eigenvalue weighted by molar-refractivity contribution is 5.36. The Balaban J connectivity index is 2.19. The number of hydrogen-bond acceptors (Lipinski definition) is 3. The molecule has 0 saturated heterocycles. The third kappa shape index (κ3) is 2.36. The Bertz CT molecular complexity index is 338. The fraction of sp³-hybridized carbons (Fsp3) is 0.538. The van der Waals surface area contributed by atoms with Crippen molar-refractivity contribution >= 4 is 0 Å². The van der Waals surface area contributed by atoms with Crippen LogP contribution in [0.3, 0.4) is 0 Å². The molecule has 16 heavy (non-hydrogen) atoms. The molecular weight excluding hydrogens is 204 g/mol. The van der Waals surface area contributed by atoms with Gasteiger partial charge in [-0.3, -0.25) is 0 Å². The Morgan fingerprint density at radius 2 is 1.94 bits per heavy atom. The summed E-state index contributed by atoms with van der Waals surface area (Å²) in [5, 5.41) is 0. The van der Waals surface area contributed by atoms with E-state index in [0.29, 0.717) is 13.2 Å². The monoisotopic (exact) mass is 222 g/mol. The lowest BCUT2D eigenvalue weighted by Crippen LogP contribution is -2.29. The highest BCUT2D eigenvalue weighted by Crippen LogP contribution is 2.36. The zero-order valence-electron chi connectivity index (χ0n) is 9.81. The smallest absolute Gasteiger partial charge is 0.202 e. The first kappa shape index (κ1) is 11.4. The van der Waals surface area contributed by atoms with Crippen LogP contribution in [0, 0.1) is 0 Å². The van der Waals surface area contributed by atoms with Crippen LogP contribution >= 0.6 is 0 Å². The summed E-state index contributed by atoms with van der Waals surface area (Å²) in [6, 6.07) is 8.00. The Labute approximate surface area is 96.3 Å². The molecule has 0 amide bonds. The minimum Gasteiger partial charge on any atom is -0.464 e. The zero-order valence-corrected chi connectivity index (χ0v) is 9.81. The Kier molecular flexibility index (Phi) is 3.80. The average Bonchev–Trinajstić information content (AvgIpc) is 2.30. The molecule has 0 N–H and O–H groups in total. The highest BCUT2D eigenvalue weighted by Gasteiger charge is 2.28. The van der Waals surface area contributed by atoms with Crippen LogP contribution in [0.15, 0.2) is 24.3 Å². The predicted octanol–water partition coefficient (Wildman–Crippen LogP) is 2.91. The van der Waals surface area contributed by atoms with Gasteiger partial charge in [0.15, 0.2) is 0 Å².